The van der Waals surface area contributed by atoms with Crippen molar-refractivity contribution in [2.24, 2.45) is 0 Å². The van der Waals surface area contributed by atoms with Gasteiger partial charge >= 0.3 is 5.97 Å². The van der Waals surface area contributed by atoms with E-state index in [0.29, 0.717) is 12.2 Å². The van der Waals surface area contributed by atoms with Crippen LogP contribution in [0.2, 0.25) is 0 Å². The number of hydrogen-bond acceptors (Lipinski definition) is 3. The highest BCUT2D eigenvalue weighted by Gasteiger charge is 2.14. The second kappa shape index (κ2) is 6.44. The maximum Gasteiger partial charge on any atom is 0.335 e. The smallest absolute Gasteiger partial charge is 0.335 e. The SMILES string of the molecule is CS(=O)CCCNc1c(F)cc(C(=O)O)cc1F. The van der Waals surface area contributed by atoms with E-state index in [1.165, 1.54) is 0 Å². The van der Waals surface area contributed by atoms with Gasteiger partial charge in [-0.3, -0.25) is 4.21 Å². The molecule has 0 aliphatic heterocycles. The van der Waals surface area contributed by atoms with E-state index in [1.54, 1.807) is 6.26 Å². The third kappa shape index (κ3) is 4.06. The molecular formula is C11H13F2NO3S. The van der Waals surface area contributed by atoms with E-state index in [9.17, 15) is 17.8 Å². The number of nitrogens with one attached hydrogen (secondary N) is 1. The lowest BCUT2D eigenvalue weighted by atomic mass is 10.2. The number of aromatic carboxylic acids is 1. The number of carbonyl (C=O) groups is 1. The maximum absolute atomic E-state index is 13.4. The Kier molecular flexibility index (Phi) is 5.21. The van der Waals surface area contributed by atoms with Gasteiger partial charge in [0.2, 0.25) is 0 Å². The molecule has 0 aliphatic carbocycles. The highest BCUT2D eigenvalue weighted by atomic mass is 32.2. The summed E-state index contributed by atoms with van der Waals surface area (Å²) in [6.45, 7) is 0.264. The van der Waals surface area contributed by atoms with Crippen LogP contribution in [-0.2, 0) is 10.8 Å². The molecule has 0 aromatic heterocycles. The largest absolute Gasteiger partial charge is 0.478 e. The zero-order valence-corrected chi connectivity index (χ0v) is 10.5. The van der Waals surface area contributed by atoms with Crippen LogP contribution in [0.4, 0.5) is 14.5 Å². The van der Waals surface area contributed by atoms with E-state index in [0.717, 1.165) is 12.1 Å². The normalized spacial score (nSPS) is 12.2. The summed E-state index contributed by atoms with van der Waals surface area (Å²) in [5.41, 5.74) is -0.799. The van der Waals surface area contributed by atoms with E-state index in [2.05, 4.69) is 5.32 Å². The summed E-state index contributed by atoms with van der Waals surface area (Å²) >= 11 is 0. The fraction of sp³-hybridized carbons (Fsp3) is 0.364. The summed E-state index contributed by atoms with van der Waals surface area (Å²) in [5.74, 6) is -2.86. The second-order valence-corrected chi connectivity index (χ2v) is 5.23. The van der Waals surface area contributed by atoms with Crippen LogP contribution in [0.1, 0.15) is 16.8 Å². The fourth-order valence-electron chi connectivity index (χ4n) is 1.35. The number of anilines is 1. The Labute approximate surface area is 105 Å². The number of carboxylic acid groups (broad SMARTS) is 1. The number of benzene rings is 1. The Bertz CT molecular complexity index is 456. The lowest BCUT2D eigenvalue weighted by molar-refractivity contribution is 0.0696. The summed E-state index contributed by atoms with van der Waals surface area (Å²) < 4.78 is 37.6. The molecule has 0 bridgehead atoms. The monoisotopic (exact) mass is 277 g/mol. The lowest BCUT2D eigenvalue weighted by Crippen LogP contribution is -2.10. The van der Waals surface area contributed by atoms with Gasteiger partial charge in [0.25, 0.3) is 0 Å². The Morgan fingerprint density at radius 3 is 2.39 bits per heavy atom. The van der Waals surface area contributed by atoms with Crippen molar-refractivity contribution >= 4 is 22.5 Å². The zero-order valence-electron chi connectivity index (χ0n) is 9.70. The van der Waals surface area contributed by atoms with Crippen LogP contribution in [0.15, 0.2) is 12.1 Å². The van der Waals surface area contributed by atoms with Gasteiger partial charge in [0.1, 0.15) is 17.3 Å². The molecule has 0 saturated heterocycles. The summed E-state index contributed by atoms with van der Waals surface area (Å²) in [5, 5.41) is 11.1. The standard InChI is InChI=1S/C11H13F2NO3S/c1-18(17)4-2-3-14-10-8(12)5-7(11(15)16)6-9(10)13/h5-6,14H,2-4H2,1H3,(H,15,16). The molecule has 0 spiro atoms. The average molecular weight is 277 g/mol. The van der Waals surface area contributed by atoms with Crippen molar-refractivity contribution in [3.63, 3.8) is 0 Å². The van der Waals surface area contributed by atoms with Crippen molar-refractivity contribution in [2.75, 3.05) is 23.9 Å². The molecule has 1 aromatic rings. The van der Waals surface area contributed by atoms with E-state index >= 15 is 0 Å². The summed E-state index contributed by atoms with van der Waals surface area (Å²) in [6, 6.07) is 1.51. The first-order valence-corrected chi connectivity index (χ1v) is 6.90. The van der Waals surface area contributed by atoms with Gasteiger partial charge in [-0.05, 0) is 18.6 Å². The molecule has 0 radical (unpaired) electrons. The molecule has 1 aromatic carbocycles. The summed E-state index contributed by atoms with van der Waals surface area (Å²) in [6.07, 6.45) is 2.05. The van der Waals surface area contributed by atoms with E-state index in [4.69, 9.17) is 5.11 Å². The Balaban J connectivity index is 2.72. The third-order valence-electron chi connectivity index (χ3n) is 2.20. The number of halogens is 2. The number of carboxylic acids is 1. The molecule has 1 unspecified atom stereocenters. The third-order valence-corrected chi connectivity index (χ3v) is 3.06. The highest BCUT2D eigenvalue weighted by Crippen LogP contribution is 2.20. The van der Waals surface area contributed by atoms with Crippen LogP contribution in [0, 0.1) is 11.6 Å². The van der Waals surface area contributed by atoms with Crippen molar-refractivity contribution in [1.82, 2.24) is 0 Å². The molecule has 4 nitrogen and oxygen atoms in total. The minimum absolute atomic E-state index is 0.264. The minimum Gasteiger partial charge on any atom is -0.478 e. The van der Waals surface area contributed by atoms with Gasteiger partial charge in [-0.2, -0.15) is 0 Å². The highest BCUT2D eigenvalue weighted by molar-refractivity contribution is 7.84. The first-order chi connectivity index (χ1) is 8.41. The predicted octanol–water partition coefficient (Wildman–Crippen LogP) is 1.84. The van der Waals surface area contributed by atoms with E-state index in [-0.39, 0.29) is 12.2 Å². The zero-order chi connectivity index (χ0) is 13.7. The average Bonchev–Trinajstić information content (AvgIpc) is 2.26. The Morgan fingerprint density at radius 2 is 1.94 bits per heavy atom. The van der Waals surface area contributed by atoms with Crippen molar-refractivity contribution in [2.45, 2.75) is 6.42 Å². The van der Waals surface area contributed by atoms with Crippen molar-refractivity contribution < 1.29 is 22.9 Å². The number of hydrogen-bond donors (Lipinski definition) is 2. The van der Waals surface area contributed by atoms with Crippen LogP contribution < -0.4 is 5.32 Å². The van der Waals surface area contributed by atoms with Crippen molar-refractivity contribution in [3.8, 4) is 0 Å². The number of rotatable bonds is 6. The van der Waals surface area contributed by atoms with Gasteiger partial charge in [0.05, 0.1) is 5.56 Å². The molecule has 0 fully saturated rings. The Hall–Kier alpha value is -1.50. The fourth-order valence-corrected chi connectivity index (χ4v) is 1.91. The van der Waals surface area contributed by atoms with Crippen LogP contribution in [0.25, 0.3) is 0 Å². The summed E-state index contributed by atoms with van der Waals surface area (Å²) in [7, 11) is -0.949. The van der Waals surface area contributed by atoms with Crippen LogP contribution >= 0.6 is 0 Å². The molecule has 100 valence electrons. The summed E-state index contributed by atoms with van der Waals surface area (Å²) in [4.78, 5) is 10.6. The predicted molar refractivity (Wildman–Crippen MR) is 65.4 cm³/mol. The molecule has 7 heteroatoms. The van der Waals surface area contributed by atoms with Gasteiger partial charge in [0.15, 0.2) is 0 Å². The molecule has 2 N–H and O–H groups in total. The van der Waals surface area contributed by atoms with Gasteiger partial charge < -0.3 is 10.4 Å². The molecule has 18 heavy (non-hydrogen) atoms. The second-order valence-electron chi connectivity index (χ2n) is 3.68. The molecule has 1 atom stereocenters. The van der Waals surface area contributed by atoms with E-state index < -0.39 is 34.0 Å². The molecule has 1 rings (SSSR count). The minimum atomic E-state index is -1.39. The van der Waals surface area contributed by atoms with Crippen molar-refractivity contribution in [1.29, 1.82) is 0 Å². The topological polar surface area (TPSA) is 66.4 Å². The molecule has 0 saturated carbocycles. The lowest BCUT2D eigenvalue weighted by Gasteiger charge is -2.09. The first-order valence-electron chi connectivity index (χ1n) is 5.18. The van der Waals surface area contributed by atoms with Gasteiger partial charge in [-0.25, -0.2) is 13.6 Å². The van der Waals surface area contributed by atoms with Crippen LogP contribution in [0.5, 0.6) is 0 Å². The molecular weight excluding hydrogens is 264 g/mol. The molecule has 0 heterocycles. The first kappa shape index (κ1) is 14.6. The van der Waals surface area contributed by atoms with Crippen LogP contribution in [0.3, 0.4) is 0 Å². The molecule has 0 aliphatic rings. The van der Waals surface area contributed by atoms with E-state index in [1.807, 2.05) is 0 Å². The Morgan fingerprint density at radius 1 is 1.39 bits per heavy atom. The maximum atomic E-state index is 13.4. The van der Waals surface area contributed by atoms with Crippen molar-refractivity contribution in [3.05, 3.63) is 29.3 Å². The molecule has 0 amide bonds. The quantitative estimate of drug-likeness (QED) is 0.779. The van der Waals surface area contributed by atoms with Gasteiger partial charge in [-0.15, -0.1) is 0 Å². The van der Waals surface area contributed by atoms with Crippen LogP contribution in [-0.4, -0.2) is 33.8 Å². The van der Waals surface area contributed by atoms with Gasteiger partial charge in [0, 0.05) is 29.4 Å². The van der Waals surface area contributed by atoms with Gasteiger partial charge in [-0.1, -0.05) is 0 Å².